The van der Waals surface area contributed by atoms with E-state index in [1.165, 1.54) is 23.3 Å². The Bertz CT molecular complexity index is 1080. The molecule has 3 aromatic heterocycles. The van der Waals surface area contributed by atoms with Gasteiger partial charge in [-0.1, -0.05) is 17.0 Å². The predicted molar refractivity (Wildman–Crippen MR) is 88.8 cm³/mol. The van der Waals surface area contributed by atoms with Crippen molar-refractivity contribution >= 4 is 28.9 Å². The molecule has 0 aliphatic rings. The number of ether oxygens (including phenoxy) is 1. The molecule has 0 saturated heterocycles. The Kier molecular flexibility index (Phi) is 4.88. The van der Waals surface area contributed by atoms with Crippen LogP contribution in [0.1, 0.15) is 12.8 Å². The first-order valence-corrected chi connectivity index (χ1v) is 8.51. The van der Waals surface area contributed by atoms with Gasteiger partial charge in [-0.15, -0.1) is 15.3 Å². The fourth-order valence-corrected chi connectivity index (χ4v) is 2.80. The fraction of sp³-hybridized carbons (Fsp3) is 0.462. The quantitative estimate of drug-likeness (QED) is 0.382. The summed E-state index contributed by atoms with van der Waals surface area (Å²) in [5.41, 5.74) is -0.711. The molecule has 138 valence electrons. The Morgan fingerprint density at radius 2 is 1.96 bits per heavy atom. The Hall–Kier alpha value is -2.96. The summed E-state index contributed by atoms with van der Waals surface area (Å²) in [4.78, 5) is 35.6. The minimum Gasteiger partial charge on any atom is -0.465 e. The van der Waals surface area contributed by atoms with Crippen LogP contribution in [0.15, 0.2) is 19.2 Å². The number of nitrogens with zero attached hydrogens (tertiary/aromatic N) is 7. The van der Waals surface area contributed by atoms with E-state index < -0.39 is 11.2 Å². The molecule has 3 heterocycles. The van der Waals surface area contributed by atoms with Crippen molar-refractivity contribution in [3.63, 3.8) is 0 Å². The maximum atomic E-state index is 12.3. The summed E-state index contributed by atoms with van der Waals surface area (Å²) in [6.07, 6.45) is 0. The molecule has 0 aliphatic carbocycles. The van der Waals surface area contributed by atoms with E-state index in [0.717, 1.165) is 16.3 Å². The van der Waals surface area contributed by atoms with Crippen molar-refractivity contribution < 1.29 is 13.9 Å². The van der Waals surface area contributed by atoms with Crippen LogP contribution < -0.4 is 11.2 Å². The predicted octanol–water partition coefficient (Wildman–Crippen LogP) is -1.08. The van der Waals surface area contributed by atoms with Gasteiger partial charge in [-0.05, 0) is 6.92 Å². The molecule has 0 N–H and O–H groups in total. The lowest BCUT2D eigenvalue weighted by Crippen LogP contribution is -2.37. The van der Waals surface area contributed by atoms with Crippen molar-refractivity contribution in [1.29, 1.82) is 0 Å². The second-order valence-corrected chi connectivity index (χ2v) is 6.11. The largest absolute Gasteiger partial charge is 0.465 e. The average Bonchev–Trinajstić information content (AvgIpc) is 3.24. The van der Waals surface area contributed by atoms with Gasteiger partial charge in [0.2, 0.25) is 5.89 Å². The van der Waals surface area contributed by atoms with E-state index in [2.05, 4.69) is 20.5 Å². The highest BCUT2D eigenvalue weighted by Gasteiger charge is 2.18. The molecule has 12 nitrogen and oxygen atoms in total. The lowest BCUT2D eigenvalue weighted by atomic mass is 10.5. The lowest BCUT2D eigenvalue weighted by molar-refractivity contribution is -0.139. The zero-order valence-electron chi connectivity index (χ0n) is 14.2. The van der Waals surface area contributed by atoms with Gasteiger partial charge in [-0.2, -0.15) is 0 Å². The third-order valence-electron chi connectivity index (χ3n) is 3.47. The third kappa shape index (κ3) is 3.24. The number of hydrogen-bond acceptors (Lipinski definition) is 10. The molecule has 13 heteroatoms. The average molecular weight is 381 g/mol. The van der Waals surface area contributed by atoms with Crippen LogP contribution in [0, 0.1) is 0 Å². The van der Waals surface area contributed by atoms with Crippen LogP contribution in [-0.4, -0.2) is 52.7 Å². The number of esters is 1. The van der Waals surface area contributed by atoms with Gasteiger partial charge in [0.05, 0.1) is 6.61 Å². The highest BCUT2D eigenvalue weighted by Crippen LogP contribution is 2.17. The Balaban J connectivity index is 1.83. The van der Waals surface area contributed by atoms with Crippen molar-refractivity contribution in [2.75, 3.05) is 12.4 Å². The summed E-state index contributed by atoms with van der Waals surface area (Å²) in [7, 11) is 2.87. The number of aryl methyl sites for hydroxylation is 1. The fourth-order valence-electron chi connectivity index (χ4n) is 2.22. The molecule has 0 saturated carbocycles. The summed E-state index contributed by atoms with van der Waals surface area (Å²) in [6.45, 7) is 2.01. The molecular weight excluding hydrogens is 366 g/mol. The van der Waals surface area contributed by atoms with Crippen LogP contribution in [-0.2, 0) is 30.2 Å². The van der Waals surface area contributed by atoms with E-state index in [1.807, 2.05) is 0 Å². The summed E-state index contributed by atoms with van der Waals surface area (Å²) in [5, 5.41) is 15.6. The van der Waals surface area contributed by atoms with E-state index in [1.54, 1.807) is 6.92 Å². The van der Waals surface area contributed by atoms with E-state index in [0.29, 0.717) is 6.61 Å². The second-order valence-electron chi connectivity index (χ2n) is 5.18. The monoisotopic (exact) mass is 381 g/mol. The first-order chi connectivity index (χ1) is 12.4. The smallest absolute Gasteiger partial charge is 0.332 e. The SMILES string of the molecule is CCOC(=O)CSc1nnc(Cn2nnc3c2c(=O)n(C)c(=O)n3C)o1. The maximum absolute atomic E-state index is 12.3. The topological polar surface area (TPSA) is 140 Å². The first-order valence-electron chi connectivity index (χ1n) is 7.52. The molecule has 0 fully saturated rings. The minimum absolute atomic E-state index is 0.00307. The van der Waals surface area contributed by atoms with Gasteiger partial charge in [0.25, 0.3) is 10.8 Å². The van der Waals surface area contributed by atoms with Crippen molar-refractivity contribution in [3.05, 3.63) is 26.7 Å². The number of thioether (sulfide) groups is 1. The van der Waals surface area contributed by atoms with E-state index in [9.17, 15) is 14.4 Å². The van der Waals surface area contributed by atoms with Crippen LogP contribution in [0.2, 0.25) is 0 Å². The number of rotatable bonds is 6. The van der Waals surface area contributed by atoms with Crippen molar-refractivity contribution in [3.8, 4) is 0 Å². The number of carbonyl (C=O) groups is 1. The van der Waals surface area contributed by atoms with Gasteiger partial charge >= 0.3 is 11.7 Å². The summed E-state index contributed by atoms with van der Waals surface area (Å²) < 4.78 is 13.7. The third-order valence-corrected chi connectivity index (χ3v) is 4.26. The Morgan fingerprint density at radius 1 is 1.19 bits per heavy atom. The number of hydrogen-bond donors (Lipinski definition) is 0. The van der Waals surface area contributed by atoms with Gasteiger partial charge in [0.1, 0.15) is 12.3 Å². The number of aromatic nitrogens is 7. The lowest BCUT2D eigenvalue weighted by Gasteiger charge is -2.03. The van der Waals surface area contributed by atoms with Crippen molar-refractivity contribution in [2.45, 2.75) is 18.7 Å². The maximum Gasteiger partial charge on any atom is 0.332 e. The molecule has 3 aromatic rings. The zero-order chi connectivity index (χ0) is 18.8. The van der Waals surface area contributed by atoms with Crippen molar-refractivity contribution in [2.24, 2.45) is 14.1 Å². The second kappa shape index (κ2) is 7.11. The first kappa shape index (κ1) is 17.8. The molecule has 0 atom stereocenters. The number of carbonyl (C=O) groups excluding carboxylic acids is 1. The highest BCUT2D eigenvalue weighted by atomic mass is 32.2. The minimum atomic E-state index is -0.524. The molecule has 0 aromatic carbocycles. The van der Waals surface area contributed by atoms with Gasteiger partial charge in [0.15, 0.2) is 11.2 Å². The van der Waals surface area contributed by atoms with Gasteiger partial charge in [-0.25, -0.2) is 9.48 Å². The van der Waals surface area contributed by atoms with Crippen LogP contribution in [0.3, 0.4) is 0 Å². The summed E-state index contributed by atoms with van der Waals surface area (Å²) in [6, 6.07) is 0. The van der Waals surface area contributed by atoms with Crippen LogP contribution in [0.25, 0.3) is 11.2 Å². The van der Waals surface area contributed by atoms with Gasteiger partial charge in [-0.3, -0.25) is 18.7 Å². The molecule has 0 aliphatic heterocycles. The van der Waals surface area contributed by atoms with Crippen LogP contribution in [0.4, 0.5) is 0 Å². The summed E-state index contributed by atoms with van der Waals surface area (Å²) in [5.74, 6) is -0.160. The van der Waals surface area contributed by atoms with Crippen molar-refractivity contribution in [1.82, 2.24) is 34.3 Å². The molecule has 0 bridgehead atoms. The zero-order valence-corrected chi connectivity index (χ0v) is 15.0. The Labute approximate surface area is 149 Å². The molecule has 0 radical (unpaired) electrons. The van der Waals surface area contributed by atoms with Crippen LogP contribution in [0.5, 0.6) is 0 Å². The molecule has 0 unspecified atom stereocenters. The molecular formula is C13H15N7O5S. The molecule has 26 heavy (non-hydrogen) atoms. The molecule has 0 amide bonds. The standard InChI is InChI=1S/C13H15N7O5S/c1-4-24-8(21)6-26-12-16-14-7(25-12)5-20-9-10(15-17-20)18(2)13(23)19(3)11(9)22/h4-6H2,1-3H3. The van der Waals surface area contributed by atoms with Gasteiger partial charge < -0.3 is 9.15 Å². The molecule has 0 spiro atoms. The van der Waals surface area contributed by atoms with E-state index in [-0.39, 0.29) is 40.5 Å². The number of fused-ring (bicyclic) bond motifs is 1. The highest BCUT2D eigenvalue weighted by molar-refractivity contribution is 7.99. The normalized spacial score (nSPS) is 11.2. The Morgan fingerprint density at radius 3 is 2.69 bits per heavy atom. The summed E-state index contributed by atoms with van der Waals surface area (Å²) >= 11 is 1.04. The van der Waals surface area contributed by atoms with Crippen LogP contribution >= 0.6 is 11.8 Å². The van der Waals surface area contributed by atoms with E-state index in [4.69, 9.17) is 9.15 Å². The van der Waals surface area contributed by atoms with Gasteiger partial charge in [0, 0.05) is 14.1 Å². The van der Waals surface area contributed by atoms with E-state index >= 15 is 0 Å². The molecule has 3 rings (SSSR count).